The number of fused-ring (bicyclic) bond motifs is 1. The van der Waals surface area contributed by atoms with Crippen molar-refractivity contribution >= 4 is 40.5 Å². The molecule has 1 amide bonds. The second kappa shape index (κ2) is 8.51. The number of nitrogens with two attached hydrogens (primary N) is 1. The number of anilines is 2. The van der Waals surface area contributed by atoms with Crippen molar-refractivity contribution in [3.8, 4) is 11.1 Å². The maximum absolute atomic E-state index is 13.1. The third-order valence-corrected chi connectivity index (χ3v) is 5.23. The molecule has 0 bridgehead atoms. The van der Waals surface area contributed by atoms with E-state index in [2.05, 4.69) is 15.4 Å². The minimum absolute atomic E-state index is 0.207. The van der Waals surface area contributed by atoms with Gasteiger partial charge in [0.05, 0.1) is 23.1 Å². The van der Waals surface area contributed by atoms with E-state index >= 15 is 0 Å². The normalized spacial score (nSPS) is 11.4. The van der Waals surface area contributed by atoms with Gasteiger partial charge in [-0.05, 0) is 63.1 Å². The Kier molecular flexibility index (Phi) is 5.70. The van der Waals surface area contributed by atoms with Crippen LogP contribution in [0.2, 0.25) is 0 Å². The van der Waals surface area contributed by atoms with Crippen LogP contribution in [0.15, 0.2) is 48.8 Å². The molecule has 2 aromatic heterocycles. The molecule has 0 saturated heterocycles. The summed E-state index contributed by atoms with van der Waals surface area (Å²) in [7, 11) is 0. The number of aromatic amines is 1. The maximum atomic E-state index is 13.1. The molecule has 9 heteroatoms. The predicted octanol–water partition coefficient (Wildman–Crippen LogP) is 4.96. The van der Waals surface area contributed by atoms with E-state index < -0.39 is 17.6 Å². The zero-order valence-electron chi connectivity index (χ0n) is 19.4. The van der Waals surface area contributed by atoms with E-state index in [9.17, 15) is 9.59 Å². The lowest BCUT2D eigenvalue weighted by Crippen LogP contribution is -2.27. The number of rotatable bonds is 4. The van der Waals surface area contributed by atoms with Crippen LogP contribution in [-0.4, -0.2) is 38.6 Å². The Morgan fingerprint density at radius 2 is 2.00 bits per heavy atom. The molecule has 0 atom stereocenters. The molecule has 4 rings (SSSR count). The van der Waals surface area contributed by atoms with Crippen LogP contribution in [0.3, 0.4) is 0 Å². The van der Waals surface area contributed by atoms with Crippen LogP contribution in [0.25, 0.3) is 22.0 Å². The van der Waals surface area contributed by atoms with Crippen molar-refractivity contribution in [2.75, 3.05) is 11.1 Å². The second-order valence-electron chi connectivity index (χ2n) is 8.92. The van der Waals surface area contributed by atoms with Crippen molar-refractivity contribution in [3.63, 3.8) is 0 Å². The topological polar surface area (TPSA) is 139 Å². The number of ether oxygens (including phenoxy) is 1. The fourth-order valence-electron chi connectivity index (χ4n) is 3.71. The van der Waals surface area contributed by atoms with Crippen molar-refractivity contribution in [2.45, 2.75) is 33.3 Å². The largest absolute Gasteiger partial charge is 0.442 e. The first-order valence-electron chi connectivity index (χ1n) is 10.7. The van der Waals surface area contributed by atoms with E-state index in [1.165, 1.54) is 6.20 Å². The highest BCUT2D eigenvalue weighted by molar-refractivity contribution is 6.09. The number of aromatic nitrogens is 3. The molecule has 0 unspecified atom stereocenters. The van der Waals surface area contributed by atoms with Crippen molar-refractivity contribution in [1.82, 2.24) is 14.8 Å². The van der Waals surface area contributed by atoms with Crippen LogP contribution < -0.4 is 11.1 Å². The number of carbonyl (C=O) groups excluding carboxylic acids is 2. The standard InChI is InChI=1S/C25H26N6O3/c1-14-19(13-31(30-14)24(33)34-25(2,3)4)23(32)29-22-11-15(10-20(27)18(22)12-26)16-6-5-7-21-17(16)8-9-28-21/h5-13,26,28H,27H2,1-4H3,(H,29,32). The Hall–Kier alpha value is -4.40. The van der Waals surface area contributed by atoms with E-state index in [1.807, 2.05) is 30.5 Å². The van der Waals surface area contributed by atoms with E-state index in [1.54, 1.807) is 39.8 Å². The Morgan fingerprint density at radius 1 is 1.24 bits per heavy atom. The summed E-state index contributed by atoms with van der Waals surface area (Å²) in [6.45, 7) is 6.88. The molecule has 0 aliphatic heterocycles. The summed E-state index contributed by atoms with van der Waals surface area (Å²) < 4.78 is 6.32. The molecular formula is C25H26N6O3. The molecule has 9 nitrogen and oxygen atoms in total. The molecule has 4 aromatic rings. The maximum Gasteiger partial charge on any atom is 0.435 e. The minimum Gasteiger partial charge on any atom is -0.442 e. The molecule has 2 aromatic carbocycles. The first-order valence-corrected chi connectivity index (χ1v) is 10.7. The number of H-pyrrole nitrogens is 1. The highest BCUT2D eigenvalue weighted by atomic mass is 16.6. The highest BCUT2D eigenvalue weighted by Crippen LogP contribution is 2.34. The molecule has 0 radical (unpaired) electrons. The number of nitrogen functional groups attached to an aromatic ring is 1. The Balaban J connectivity index is 1.69. The summed E-state index contributed by atoms with van der Waals surface area (Å²) in [5.74, 6) is -0.480. The van der Waals surface area contributed by atoms with Gasteiger partial charge in [0.1, 0.15) is 5.60 Å². The number of carbonyl (C=O) groups is 2. The first kappa shape index (κ1) is 22.8. The van der Waals surface area contributed by atoms with E-state index in [-0.39, 0.29) is 5.56 Å². The molecule has 0 fully saturated rings. The lowest BCUT2D eigenvalue weighted by molar-refractivity contribution is 0.0514. The van der Waals surface area contributed by atoms with E-state index in [0.717, 1.165) is 32.9 Å². The van der Waals surface area contributed by atoms with Gasteiger partial charge in [0.25, 0.3) is 5.91 Å². The van der Waals surface area contributed by atoms with E-state index in [0.29, 0.717) is 22.6 Å². The monoisotopic (exact) mass is 458 g/mol. The SMILES string of the molecule is Cc1nn(C(=O)OC(C)(C)C)cc1C(=O)Nc1cc(-c2cccc3[nH]ccc23)cc(N)c1C=N. The second-order valence-corrected chi connectivity index (χ2v) is 8.92. The van der Waals surface area contributed by atoms with Gasteiger partial charge in [0.15, 0.2) is 0 Å². The van der Waals surface area contributed by atoms with Crippen LogP contribution in [0.5, 0.6) is 0 Å². The summed E-state index contributed by atoms with van der Waals surface area (Å²) in [6.07, 6.45) is 3.61. The van der Waals surface area contributed by atoms with Gasteiger partial charge in [-0.25, -0.2) is 4.79 Å². The molecule has 34 heavy (non-hydrogen) atoms. The Labute approximate surface area is 196 Å². The van der Waals surface area contributed by atoms with Gasteiger partial charge in [-0.15, -0.1) is 0 Å². The third-order valence-electron chi connectivity index (χ3n) is 5.23. The number of aryl methyl sites for hydroxylation is 1. The summed E-state index contributed by atoms with van der Waals surface area (Å²) in [6, 6.07) is 11.4. The molecule has 5 N–H and O–H groups in total. The molecule has 0 aliphatic carbocycles. The van der Waals surface area contributed by atoms with Crippen molar-refractivity contribution < 1.29 is 14.3 Å². The average molecular weight is 459 g/mol. The zero-order valence-corrected chi connectivity index (χ0v) is 19.4. The van der Waals surface area contributed by atoms with Gasteiger partial charge in [0, 0.05) is 34.6 Å². The zero-order chi connectivity index (χ0) is 24.6. The fraction of sp³-hybridized carbons (Fsp3) is 0.200. The van der Waals surface area contributed by atoms with Gasteiger partial charge >= 0.3 is 6.09 Å². The molecule has 0 spiro atoms. The fourth-order valence-corrected chi connectivity index (χ4v) is 3.71. The van der Waals surface area contributed by atoms with Crippen LogP contribution in [0.1, 0.15) is 42.4 Å². The molecule has 0 saturated carbocycles. The van der Waals surface area contributed by atoms with Crippen molar-refractivity contribution in [2.24, 2.45) is 0 Å². The predicted molar refractivity (Wildman–Crippen MR) is 133 cm³/mol. The number of nitrogens with one attached hydrogen (secondary N) is 3. The Bertz CT molecular complexity index is 1420. The summed E-state index contributed by atoms with van der Waals surface area (Å²) >= 11 is 0. The van der Waals surface area contributed by atoms with Crippen LogP contribution in [-0.2, 0) is 4.74 Å². The van der Waals surface area contributed by atoms with Crippen molar-refractivity contribution in [3.05, 3.63) is 65.6 Å². The van der Waals surface area contributed by atoms with Crippen LogP contribution in [0, 0.1) is 12.3 Å². The van der Waals surface area contributed by atoms with Crippen LogP contribution in [0.4, 0.5) is 16.2 Å². The van der Waals surface area contributed by atoms with Gasteiger partial charge in [0.2, 0.25) is 0 Å². The number of amides is 1. The number of benzene rings is 2. The quantitative estimate of drug-likeness (QED) is 0.253. The van der Waals surface area contributed by atoms with E-state index in [4.69, 9.17) is 15.9 Å². The lowest BCUT2D eigenvalue weighted by atomic mass is 9.98. The molecular weight excluding hydrogens is 432 g/mol. The van der Waals surface area contributed by atoms with Gasteiger partial charge in [-0.1, -0.05) is 12.1 Å². The van der Waals surface area contributed by atoms with Gasteiger partial charge < -0.3 is 26.2 Å². The smallest absolute Gasteiger partial charge is 0.435 e. The lowest BCUT2D eigenvalue weighted by Gasteiger charge is -2.18. The summed E-state index contributed by atoms with van der Waals surface area (Å²) in [5, 5.41) is 15.8. The van der Waals surface area contributed by atoms with Crippen molar-refractivity contribution in [1.29, 1.82) is 5.41 Å². The number of hydrogen-bond acceptors (Lipinski definition) is 6. The summed E-state index contributed by atoms with van der Waals surface area (Å²) in [5.41, 5.74) is 9.95. The van der Waals surface area contributed by atoms with Crippen LogP contribution >= 0.6 is 0 Å². The third kappa shape index (κ3) is 4.40. The minimum atomic E-state index is -0.696. The molecule has 174 valence electrons. The Morgan fingerprint density at radius 3 is 2.71 bits per heavy atom. The highest BCUT2D eigenvalue weighted by Gasteiger charge is 2.22. The van der Waals surface area contributed by atoms with Gasteiger partial charge in [-0.3, -0.25) is 4.79 Å². The summed E-state index contributed by atoms with van der Waals surface area (Å²) in [4.78, 5) is 28.6. The average Bonchev–Trinajstić information content (AvgIpc) is 3.38. The molecule has 2 heterocycles. The van der Waals surface area contributed by atoms with Gasteiger partial charge in [-0.2, -0.15) is 9.78 Å². The molecule has 0 aliphatic rings. The number of nitrogens with zero attached hydrogens (tertiary/aromatic N) is 2. The first-order chi connectivity index (χ1) is 16.1. The number of hydrogen-bond donors (Lipinski definition) is 4.